The molecule has 0 atom stereocenters. The predicted molar refractivity (Wildman–Crippen MR) is 60.0 cm³/mol. The fourth-order valence-electron chi connectivity index (χ4n) is 2.62. The van der Waals surface area contributed by atoms with Crippen molar-refractivity contribution in [1.82, 2.24) is 0 Å². The maximum atomic E-state index is 2.26. The Morgan fingerprint density at radius 3 is 0.824 bits per heavy atom. The molecule has 3 heteroatoms. The van der Waals surface area contributed by atoms with Gasteiger partial charge < -0.3 is 24.8 Å². The van der Waals surface area contributed by atoms with Crippen LogP contribution in [0.2, 0.25) is 0 Å². The normalized spacial score (nSPS) is 20.7. The number of hydrogen-bond acceptors (Lipinski definition) is 0. The van der Waals surface area contributed by atoms with Crippen LogP contribution in [0.3, 0.4) is 0 Å². The molecule has 0 aromatic carbocycles. The van der Waals surface area contributed by atoms with Crippen molar-refractivity contribution in [2.75, 3.05) is 0 Å². The molecule has 2 fully saturated rings. The first kappa shape index (κ1) is 17.2. The number of allylic oxidation sites excluding steroid dienone is 8. The monoisotopic (exact) mass is 356 g/mol. The Labute approximate surface area is 129 Å². The minimum absolute atomic E-state index is 0. The molecule has 4 aliphatic carbocycles. The molecule has 0 aromatic rings. The van der Waals surface area contributed by atoms with E-state index in [1.165, 1.54) is 38.5 Å². The minimum Gasteiger partial charge on any atom is -1.00 e. The first-order chi connectivity index (χ1) is 6.90. The molecule has 0 spiro atoms. The summed E-state index contributed by atoms with van der Waals surface area (Å²) in [6.07, 6.45) is 17.1. The van der Waals surface area contributed by atoms with Crippen molar-refractivity contribution in [3.05, 3.63) is 46.6 Å². The van der Waals surface area contributed by atoms with Gasteiger partial charge in [0.1, 0.15) is 0 Å². The molecule has 0 N–H and O–H groups in total. The van der Waals surface area contributed by atoms with Crippen molar-refractivity contribution in [2.45, 2.75) is 38.5 Å². The van der Waals surface area contributed by atoms with Crippen LogP contribution in [0.5, 0.6) is 0 Å². The molecule has 2 saturated carbocycles. The standard InChI is InChI=1S/2C7H8.2ClH.Ru/c2*1-2-7-4-3-6(1)5-7;;;/h2*1-2H,3-5H2;2*1H;/q;;;;+2/p-2. The second kappa shape index (κ2) is 7.57. The zero-order chi connectivity index (χ0) is 9.38. The smallest absolute Gasteiger partial charge is 1.00 e. The van der Waals surface area contributed by atoms with E-state index < -0.39 is 0 Å². The Kier molecular flexibility index (Phi) is 7.64. The van der Waals surface area contributed by atoms with Gasteiger partial charge in [0.2, 0.25) is 0 Å². The van der Waals surface area contributed by atoms with E-state index in [1.54, 1.807) is 22.3 Å². The molecular formula is C14H16Cl2Ru. The predicted octanol–water partition coefficient (Wildman–Crippen LogP) is -1.92. The minimum atomic E-state index is 0. The summed E-state index contributed by atoms with van der Waals surface area (Å²) in [5.74, 6) is 0. The first-order valence-corrected chi connectivity index (χ1v) is 5.65. The zero-order valence-corrected chi connectivity index (χ0v) is 12.9. The average Bonchev–Trinajstić information content (AvgIpc) is 3.01. The Morgan fingerprint density at radius 1 is 0.529 bits per heavy atom. The van der Waals surface area contributed by atoms with Crippen LogP contribution in [-0.4, -0.2) is 0 Å². The summed E-state index contributed by atoms with van der Waals surface area (Å²) in [7, 11) is 0. The molecule has 0 radical (unpaired) electrons. The number of rotatable bonds is 0. The van der Waals surface area contributed by atoms with E-state index in [1.807, 2.05) is 0 Å². The van der Waals surface area contributed by atoms with E-state index in [2.05, 4.69) is 24.3 Å². The van der Waals surface area contributed by atoms with Crippen molar-refractivity contribution < 1.29 is 44.3 Å². The summed E-state index contributed by atoms with van der Waals surface area (Å²) in [5, 5.41) is 0. The van der Waals surface area contributed by atoms with E-state index in [0.717, 1.165) is 0 Å². The van der Waals surface area contributed by atoms with Crippen LogP contribution in [0, 0.1) is 0 Å². The second-order valence-electron chi connectivity index (χ2n) is 4.65. The van der Waals surface area contributed by atoms with Crippen LogP contribution in [0.25, 0.3) is 0 Å². The molecule has 4 bridgehead atoms. The van der Waals surface area contributed by atoms with Gasteiger partial charge in [0, 0.05) is 0 Å². The molecule has 0 unspecified atom stereocenters. The molecule has 0 aromatic heterocycles. The van der Waals surface area contributed by atoms with E-state index in [9.17, 15) is 0 Å². The number of halogens is 2. The summed E-state index contributed by atoms with van der Waals surface area (Å²) >= 11 is 0. The molecule has 94 valence electrons. The van der Waals surface area contributed by atoms with Crippen LogP contribution in [-0.2, 0) is 19.5 Å². The van der Waals surface area contributed by atoms with Crippen LogP contribution < -0.4 is 24.8 Å². The fourth-order valence-corrected chi connectivity index (χ4v) is 2.62. The maximum absolute atomic E-state index is 2.26. The fraction of sp³-hybridized carbons (Fsp3) is 0.429. The van der Waals surface area contributed by atoms with Gasteiger partial charge >= 0.3 is 19.5 Å². The van der Waals surface area contributed by atoms with Gasteiger partial charge in [0.15, 0.2) is 0 Å². The van der Waals surface area contributed by atoms with Crippen LogP contribution >= 0.6 is 0 Å². The second-order valence-corrected chi connectivity index (χ2v) is 4.65. The summed E-state index contributed by atoms with van der Waals surface area (Å²) in [6.45, 7) is 0. The SMILES string of the molecule is C1=C2CCC(=C1)C2.C1=C2CCC(=C1)C2.[Cl-].[Cl-].[Ru+2]. The molecule has 0 aliphatic heterocycles. The summed E-state index contributed by atoms with van der Waals surface area (Å²) in [4.78, 5) is 0. The molecule has 0 amide bonds. The van der Waals surface area contributed by atoms with Gasteiger partial charge in [-0.1, -0.05) is 46.6 Å². The van der Waals surface area contributed by atoms with Crippen molar-refractivity contribution in [2.24, 2.45) is 0 Å². The van der Waals surface area contributed by atoms with E-state index in [4.69, 9.17) is 0 Å². The molecule has 0 heterocycles. The molecule has 0 nitrogen and oxygen atoms in total. The summed E-state index contributed by atoms with van der Waals surface area (Å²) in [5.41, 5.74) is 6.59. The van der Waals surface area contributed by atoms with Gasteiger partial charge in [-0.05, 0) is 38.5 Å². The van der Waals surface area contributed by atoms with E-state index in [0.29, 0.717) is 0 Å². The molecule has 4 aliphatic rings. The Hall–Kier alpha value is 0.163. The first-order valence-electron chi connectivity index (χ1n) is 5.65. The van der Waals surface area contributed by atoms with Gasteiger partial charge in [-0.2, -0.15) is 0 Å². The Morgan fingerprint density at radius 2 is 0.765 bits per heavy atom. The van der Waals surface area contributed by atoms with Crippen molar-refractivity contribution in [3.63, 3.8) is 0 Å². The van der Waals surface area contributed by atoms with Crippen molar-refractivity contribution in [3.8, 4) is 0 Å². The Balaban J connectivity index is 0.000000256. The van der Waals surface area contributed by atoms with E-state index in [-0.39, 0.29) is 44.3 Å². The quantitative estimate of drug-likeness (QED) is 0.444. The van der Waals surface area contributed by atoms with Crippen molar-refractivity contribution >= 4 is 0 Å². The molecule has 4 rings (SSSR count). The molecule has 0 saturated heterocycles. The summed E-state index contributed by atoms with van der Waals surface area (Å²) < 4.78 is 0. The number of fused-ring (bicyclic) bond motifs is 4. The van der Waals surface area contributed by atoms with Crippen LogP contribution in [0.15, 0.2) is 46.6 Å². The van der Waals surface area contributed by atoms with Gasteiger partial charge in [0.05, 0.1) is 0 Å². The van der Waals surface area contributed by atoms with Crippen LogP contribution in [0.4, 0.5) is 0 Å². The molecule has 17 heavy (non-hydrogen) atoms. The maximum Gasteiger partial charge on any atom is 2.00 e. The third-order valence-corrected chi connectivity index (χ3v) is 3.55. The van der Waals surface area contributed by atoms with Gasteiger partial charge in [-0.3, -0.25) is 0 Å². The Bertz CT molecular complexity index is 315. The third kappa shape index (κ3) is 4.09. The average molecular weight is 356 g/mol. The summed E-state index contributed by atoms with van der Waals surface area (Å²) in [6, 6.07) is 0. The third-order valence-electron chi connectivity index (χ3n) is 3.55. The number of hydrogen-bond donors (Lipinski definition) is 0. The topological polar surface area (TPSA) is 0 Å². The van der Waals surface area contributed by atoms with Crippen molar-refractivity contribution in [1.29, 1.82) is 0 Å². The van der Waals surface area contributed by atoms with Gasteiger partial charge in [-0.15, -0.1) is 0 Å². The molecular weight excluding hydrogens is 340 g/mol. The van der Waals surface area contributed by atoms with Crippen LogP contribution in [0.1, 0.15) is 38.5 Å². The largest absolute Gasteiger partial charge is 2.00 e. The van der Waals surface area contributed by atoms with Gasteiger partial charge in [-0.25, -0.2) is 0 Å². The zero-order valence-electron chi connectivity index (χ0n) is 9.66. The van der Waals surface area contributed by atoms with Gasteiger partial charge in [0.25, 0.3) is 0 Å². The van der Waals surface area contributed by atoms with E-state index >= 15 is 0 Å².